The van der Waals surface area contributed by atoms with Gasteiger partial charge in [-0.3, -0.25) is 0 Å². The summed E-state index contributed by atoms with van der Waals surface area (Å²) in [6, 6.07) is 0. The minimum absolute atomic E-state index is 0.484. The summed E-state index contributed by atoms with van der Waals surface area (Å²) >= 11 is 0. The van der Waals surface area contributed by atoms with Gasteiger partial charge in [0, 0.05) is 5.54 Å². The molecule has 0 amide bonds. The fourth-order valence-corrected chi connectivity index (χ4v) is 2.21. The second-order valence-electron chi connectivity index (χ2n) is 4.01. The van der Waals surface area contributed by atoms with Crippen LogP contribution < -0.4 is 5.32 Å². The van der Waals surface area contributed by atoms with Gasteiger partial charge in [-0.1, -0.05) is 20.8 Å². The zero-order chi connectivity index (χ0) is 8.32. The predicted octanol–water partition coefficient (Wildman–Crippen LogP) is 2.56. The highest BCUT2D eigenvalue weighted by Gasteiger charge is 2.30. The van der Waals surface area contributed by atoms with E-state index in [9.17, 15) is 0 Å². The van der Waals surface area contributed by atoms with Crippen LogP contribution >= 0.6 is 0 Å². The molecule has 66 valence electrons. The van der Waals surface area contributed by atoms with E-state index in [1.807, 2.05) is 0 Å². The van der Waals surface area contributed by atoms with Gasteiger partial charge in [-0.15, -0.1) is 0 Å². The van der Waals surface area contributed by atoms with Crippen molar-refractivity contribution in [2.45, 2.75) is 52.0 Å². The monoisotopic (exact) mass is 155 g/mol. The Hall–Kier alpha value is -0.0400. The zero-order valence-corrected chi connectivity index (χ0v) is 8.11. The molecule has 0 spiro atoms. The molecule has 0 radical (unpaired) electrons. The molecule has 1 saturated heterocycles. The van der Waals surface area contributed by atoms with Gasteiger partial charge in [-0.2, -0.15) is 0 Å². The molecule has 1 heterocycles. The first-order chi connectivity index (χ1) is 5.22. The van der Waals surface area contributed by atoms with Crippen molar-refractivity contribution in [3.05, 3.63) is 0 Å². The van der Waals surface area contributed by atoms with Crippen molar-refractivity contribution in [1.29, 1.82) is 0 Å². The first-order valence-electron chi connectivity index (χ1n) is 4.97. The van der Waals surface area contributed by atoms with Crippen molar-refractivity contribution in [2.24, 2.45) is 5.92 Å². The van der Waals surface area contributed by atoms with Crippen molar-refractivity contribution >= 4 is 0 Å². The number of nitrogens with one attached hydrogen (secondary N) is 1. The van der Waals surface area contributed by atoms with E-state index in [-0.39, 0.29) is 0 Å². The minimum Gasteiger partial charge on any atom is -0.311 e. The number of rotatable bonds is 2. The highest BCUT2D eigenvalue weighted by Crippen LogP contribution is 2.29. The quantitative estimate of drug-likeness (QED) is 0.646. The van der Waals surface area contributed by atoms with Crippen LogP contribution in [0.25, 0.3) is 0 Å². The minimum atomic E-state index is 0.484. The maximum atomic E-state index is 3.66. The first-order valence-corrected chi connectivity index (χ1v) is 4.97. The third kappa shape index (κ3) is 1.96. The van der Waals surface area contributed by atoms with Crippen LogP contribution in [0.2, 0.25) is 0 Å². The van der Waals surface area contributed by atoms with Gasteiger partial charge >= 0.3 is 0 Å². The molecule has 1 aliphatic heterocycles. The topological polar surface area (TPSA) is 12.0 Å². The molecule has 1 heteroatoms. The van der Waals surface area contributed by atoms with Gasteiger partial charge in [0.25, 0.3) is 0 Å². The van der Waals surface area contributed by atoms with E-state index < -0.39 is 0 Å². The molecule has 11 heavy (non-hydrogen) atoms. The van der Waals surface area contributed by atoms with Crippen LogP contribution in [0.5, 0.6) is 0 Å². The molecule has 0 aromatic rings. The van der Waals surface area contributed by atoms with E-state index in [4.69, 9.17) is 0 Å². The first kappa shape index (κ1) is 9.05. The fraction of sp³-hybridized carbons (Fsp3) is 1.00. The summed E-state index contributed by atoms with van der Waals surface area (Å²) in [7, 11) is 0. The molecular formula is C10H21N. The summed E-state index contributed by atoms with van der Waals surface area (Å²) in [5.74, 6) is 0.927. The molecule has 0 saturated carbocycles. The lowest BCUT2D eigenvalue weighted by Crippen LogP contribution is -2.49. The molecule has 0 aromatic heterocycles. The van der Waals surface area contributed by atoms with Gasteiger partial charge in [0.15, 0.2) is 0 Å². The standard InChI is InChI=1S/C10H21N/c1-4-10(5-2)8-9(3)6-7-11-10/h9,11H,4-8H2,1-3H3. The molecule has 1 atom stereocenters. The van der Waals surface area contributed by atoms with E-state index in [1.165, 1.54) is 32.2 Å². The lowest BCUT2D eigenvalue weighted by Gasteiger charge is -2.40. The lowest BCUT2D eigenvalue weighted by atomic mass is 9.79. The summed E-state index contributed by atoms with van der Waals surface area (Å²) in [5.41, 5.74) is 0.484. The SMILES string of the molecule is CCC1(CC)CC(C)CCN1. The highest BCUT2D eigenvalue weighted by atomic mass is 15.0. The van der Waals surface area contributed by atoms with Gasteiger partial charge in [0.1, 0.15) is 0 Å². The van der Waals surface area contributed by atoms with Crippen LogP contribution in [0.1, 0.15) is 46.5 Å². The van der Waals surface area contributed by atoms with E-state index in [0.717, 1.165) is 5.92 Å². The lowest BCUT2D eigenvalue weighted by molar-refractivity contribution is 0.191. The van der Waals surface area contributed by atoms with Crippen molar-refractivity contribution in [2.75, 3.05) is 6.54 Å². The Bertz CT molecular complexity index is 116. The van der Waals surface area contributed by atoms with Crippen molar-refractivity contribution in [3.8, 4) is 0 Å². The van der Waals surface area contributed by atoms with Crippen LogP contribution in [-0.2, 0) is 0 Å². The smallest absolute Gasteiger partial charge is 0.0178 e. The van der Waals surface area contributed by atoms with Gasteiger partial charge in [0.2, 0.25) is 0 Å². The Balaban J connectivity index is 2.52. The van der Waals surface area contributed by atoms with Crippen LogP contribution in [0.15, 0.2) is 0 Å². The Kier molecular flexibility index (Phi) is 2.94. The molecular weight excluding hydrogens is 134 g/mol. The molecule has 1 unspecified atom stereocenters. The molecule has 1 fully saturated rings. The predicted molar refractivity (Wildman–Crippen MR) is 49.7 cm³/mol. The largest absolute Gasteiger partial charge is 0.311 e. The van der Waals surface area contributed by atoms with E-state index in [2.05, 4.69) is 26.1 Å². The average Bonchev–Trinajstić information content (AvgIpc) is 2.04. The highest BCUT2D eigenvalue weighted by molar-refractivity contribution is 4.90. The van der Waals surface area contributed by atoms with Crippen molar-refractivity contribution in [1.82, 2.24) is 5.32 Å². The molecule has 0 bridgehead atoms. The molecule has 1 N–H and O–H groups in total. The van der Waals surface area contributed by atoms with E-state index in [1.54, 1.807) is 0 Å². The van der Waals surface area contributed by atoms with Crippen LogP contribution in [0, 0.1) is 5.92 Å². The Morgan fingerprint density at radius 2 is 2.00 bits per heavy atom. The third-order valence-corrected chi connectivity index (χ3v) is 3.23. The maximum absolute atomic E-state index is 3.66. The van der Waals surface area contributed by atoms with Gasteiger partial charge in [-0.05, 0) is 38.1 Å². The summed E-state index contributed by atoms with van der Waals surface area (Å²) in [6.07, 6.45) is 5.31. The Labute approximate surface area is 70.6 Å². The average molecular weight is 155 g/mol. The Morgan fingerprint density at radius 1 is 1.36 bits per heavy atom. The molecule has 1 nitrogen and oxygen atoms in total. The summed E-state index contributed by atoms with van der Waals surface area (Å²) < 4.78 is 0. The Morgan fingerprint density at radius 3 is 2.36 bits per heavy atom. The van der Waals surface area contributed by atoms with Crippen molar-refractivity contribution < 1.29 is 0 Å². The zero-order valence-electron chi connectivity index (χ0n) is 8.11. The normalized spacial score (nSPS) is 30.3. The maximum Gasteiger partial charge on any atom is 0.0178 e. The second kappa shape index (κ2) is 3.57. The molecule has 0 aliphatic carbocycles. The van der Waals surface area contributed by atoms with E-state index in [0.29, 0.717) is 5.54 Å². The number of piperidine rings is 1. The van der Waals surface area contributed by atoms with Gasteiger partial charge in [0.05, 0.1) is 0 Å². The number of hydrogen-bond donors (Lipinski definition) is 1. The third-order valence-electron chi connectivity index (χ3n) is 3.23. The second-order valence-corrected chi connectivity index (χ2v) is 4.01. The van der Waals surface area contributed by atoms with Crippen LogP contribution in [0.3, 0.4) is 0 Å². The van der Waals surface area contributed by atoms with Crippen LogP contribution in [-0.4, -0.2) is 12.1 Å². The fourth-order valence-electron chi connectivity index (χ4n) is 2.21. The molecule has 0 aromatic carbocycles. The molecule has 1 rings (SSSR count). The summed E-state index contributed by atoms with van der Waals surface area (Å²) in [5, 5.41) is 3.66. The van der Waals surface area contributed by atoms with Crippen molar-refractivity contribution in [3.63, 3.8) is 0 Å². The van der Waals surface area contributed by atoms with E-state index >= 15 is 0 Å². The van der Waals surface area contributed by atoms with Crippen LogP contribution in [0.4, 0.5) is 0 Å². The summed E-state index contributed by atoms with van der Waals surface area (Å²) in [6.45, 7) is 8.20. The molecule has 1 aliphatic rings. The number of hydrogen-bond acceptors (Lipinski definition) is 1. The van der Waals surface area contributed by atoms with Gasteiger partial charge < -0.3 is 5.32 Å². The summed E-state index contributed by atoms with van der Waals surface area (Å²) in [4.78, 5) is 0. The van der Waals surface area contributed by atoms with Gasteiger partial charge in [-0.25, -0.2) is 0 Å².